The molecule has 4 heteroatoms. The lowest BCUT2D eigenvalue weighted by Gasteiger charge is -2.37. The van der Waals surface area contributed by atoms with Crippen LogP contribution in [0.5, 0.6) is 0 Å². The normalized spacial score (nSPS) is 11.8. The van der Waals surface area contributed by atoms with Gasteiger partial charge in [0.15, 0.2) is 0 Å². The molecule has 1 aromatic carbocycles. The van der Waals surface area contributed by atoms with Crippen LogP contribution in [0.4, 0.5) is 0 Å². The maximum atomic E-state index is 9.22. The second kappa shape index (κ2) is 7.48. The topological polar surface area (TPSA) is 60.7 Å². The van der Waals surface area contributed by atoms with E-state index in [1.807, 2.05) is 12.1 Å². The Morgan fingerprint density at radius 1 is 0.889 bits per heavy atom. The van der Waals surface area contributed by atoms with Crippen molar-refractivity contribution in [2.45, 2.75) is 13.5 Å². The first-order valence-corrected chi connectivity index (χ1v) is 6.39. The second-order valence-corrected chi connectivity index (χ2v) is 4.77. The Morgan fingerprint density at radius 3 is 1.83 bits per heavy atom. The van der Waals surface area contributed by atoms with Crippen molar-refractivity contribution in [3.8, 4) is 0 Å². The van der Waals surface area contributed by atoms with Gasteiger partial charge in [-0.1, -0.05) is 24.3 Å². The predicted molar refractivity (Wildman–Crippen MR) is 71.0 cm³/mol. The molecule has 0 fully saturated rings. The first-order valence-electron chi connectivity index (χ1n) is 6.39. The quantitative estimate of drug-likeness (QED) is 0.584. The molecule has 0 spiro atoms. The van der Waals surface area contributed by atoms with Crippen LogP contribution in [0, 0.1) is 6.92 Å². The Kier molecular flexibility index (Phi) is 6.29. The highest BCUT2D eigenvalue weighted by molar-refractivity contribution is 5.24. The molecule has 1 rings (SSSR count). The molecule has 0 atom stereocenters. The maximum absolute atomic E-state index is 9.22. The van der Waals surface area contributed by atoms with Crippen LogP contribution in [0.1, 0.15) is 11.1 Å². The largest absolute Gasteiger partial charge is 0.391 e. The lowest BCUT2D eigenvalue weighted by Crippen LogP contribution is -2.52. The molecule has 1 aromatic rings. The van der Waals surface area contributed by atoms with Gasteiger partial charge in [-0.3, -0.25) is 0 Å². The van der Waals surface area contributed by atoms with Crippen LogP contribution in [0.3, 0.4) is 0 Å². The summed E-state index contributed by atoms with van der Waals surface area (Å²) in [4.78, 5) is 0. The van der Waals surface area contributed by atoms with Crippen molar-refractivity contribution in [2.75, 3.05) is 39.5 Å². The molecular weight excluding hydrogens is 230 g/mol. The van der Waals surface area contributed by atoms with Gasteiger partial charge in [0.2, 0.25) is 0 Å². The number of quaternary nitrogens is 1. The minimum atomic E-state index is 0.0614. The van der Waals surface area contributed by atoms with E-state index in [1.165, 1.54) is 11.1 Å². The smallest absolute Gasteiger partial charge is 0.105 e. The van der Waals surface area contributed by atoms with E-state index in [-0.39, 0.29) is 19.8 Å². The van der Waals surface area contributed by atoms with Crippen LogP contribution >= 0.6 is 0 Å². The highest BCUT2D eigenvalue weighted by Gasteiger charge is 2.26. The average Bonchev–Trinajstić information content (AvgIpc) is 2.33. The maximum Gasteiger partial charge on any atom is 0.105 e. The molecule has 0 heterocycles. The summed E-state index contributed by atoms with van der Waals surface area (Å²) in [5.41, 5.74) is 2.40. The summed E-state index contributed by atoms with van der Waals surface area (Å²) < 4.78 is 0.522. The SMILES string of the molecule is Cc1ccccc1C[N+](CCO)(CCO)CCO. The van der Waals surface area contributed by atoms with E-state index in [1.54, 1.807) is 0 Å². The monoisotopic (exact) mass is 254 g/mol. The Bertz CT molecular complexity index is 338. The summed E-state index contributed by atoms with van der Waals surface area (Å²) in [5.74, 6) is 0. The van der Waals surface area contributed by atoms with Gasteiger partial charge >= 0.3 is 0 Å². The third kappa shape index (κ3) is 4.07. The van der Waals surface area contributed by atoms with E-state index in [9.17, 15) is 15.3 Å². The summed E-state index contributed by atoms with van der Waals surface area (Å²) in [7, 11) is 0. The molecule has 0 aromatic heterocycles. The van der Waals surface area contributed by atoms with E-state index >= 15 is 0 Å². The minimum Gasteiger partial charge on any atom is -0.391 e. The van der Waals surface area contributed by atoms with Crippen LogP contribution in [-0.2, 0) is 6.54 Å². The Balaban J connectivity index is 2.91. The van der Waals surface area contributed by atoms with Crippen molar-refractivity contribution in [1.29, 1.82) is 0 Å². The van der Waals surface area contributed by atoms with Gasteiger partial charge in [-0.25, -0.2) is 0 Å². The molecule has 0 radical (unpaired) electrons. The lowest BCUT2D eigenvalue weighted by molar-refractivity contribution is -0.941. The minimum absolute atomic E-state index is 0.0614. The number of rotatable bonds is 8. The van der Waals surface area contributed by atoms with Gasteiger partial charge in [-0.15, -0.1) is 0 Å². The van der Waals surface area contributed by atoms with Crippen molar-refractivity contribution in [1.82, 2.24) is 0 Å². The van der Waals surface area contributed by atoms with Crippen molar-refractivity contribution < 1.29 is 19.8 Å². The van der Waals surface area contributed by atoms with Gasteiger partial charge in [-0.05, 0) is 12.5 Å². The molecule has 3 N–H and O–H groups in total. The summed E-state index contributed by atoms with van der Waals surface area (Å²) in [5, 5.41) is 27.7. The standard InChI is InChI=1S/C14H24NO3/c1-13-4-2-3-5-14(13)12-15(6-9-16,7-10-17)8-11-18/h2-5,16-18H,6-12H2,1H3/q+1. The van der Waals surface area contributed by atoms with Crippen molar-refractivity contribution in [2.24, 2.45) is 0 Å². The van der Waals surface area contributed by atoms with Crippen molar-refractivity contribution in [3.05, 3.63) is 35.4 Å². The zero-order valence-electron chi connectivity index (χ0n) is 11.0. The number of hydrogen-bond donors (Lipinski definition) is 3. The highest BCUT2D eigenvalue weighted by Crippen LogP contribution is 2.17. The second-order valence-electron chi connectivity index (χ2n) is 4.77. The van der Waals surface area contributed by atoms with E-state index in [0.29, 0.717) is 24.1 Å². The molecule has 18 heavy (non-hydrogen) atoms. The number of nitrogens with zero attached hydrogens (tertiary/aromatic N) is 1. The zero-order chi connectivity index (χ0) is 13.4. The van der Waals surface area contributed by atoms with Crippen molar-refractivity contribution >= 4 is 0 Å². The van der Waals surface area contributed by atoms with E-state index in [2.05, 4.69) is 19.1 Å². The van der Waals surface area contributed by atoms with Gasteiger partial charge in [0, 0.05) is 5.56 Å². The lowest BCUT2D eigenvalue weighted by atomic mass is 10.1. The fraction of sp³-hybridized carbons (Fsp3) is 0.571. The van der Waals surface area contributed by atoms with Crippen LogP contribution in [0.2, 0.25) is 0 Å². The van der Waals surface area contributed by atoms with Crippen molar-refractivity contribution in [3.63, 3.8) is 0 Å². The van der Waals surface area contributed by atoms with Crippen LogP contribution in [0.25, 0.3) is 0 Å². The fourth-order valence-electron chi connectivity index (χ4n) is 2.36. The highest BCUT2D eigenvalue weighted by atomic mass is 16.3. The first-order chi connectivity index (χ1) is 8.67. The number of aliphatic hydroxyl groups excluding tert-OH is 3. The third-order valence-electron chi connectivity index (χ3n) is 3.49. The molecule has 0 saturated carbocycles. The molecular formula is C14H24NO3+. The zero-order valence-corrected chi connectivity index (χ0v) is 11.0. The van der Waals surface area contributed by atoms with Gasteiger partial charge in [0.05, 0.1) is 19.8 Å². The molecule has 4 nitrogen and oxygen atoms in total. The Hall–Kier alpha value is -0.940. The Morgan fingerprint density at radius 2 is 1.39 bits per heavy atom. The molecule has 102 valence electrons. The molecule has 0 aliphatic rings. The number of aliphatic hydroxyl groups is 3. The number of aryl methyl sites for hydroxylation is 1. The number of hydrogen-bond acceptors (Lipinski definition) is 3. The van der Waals surface area contributed by atoms with Gasteiger partial charge < -0.3 is 19.8 Å². The van der Waals surface area contributed by atoms with E-state index in [0.717, 1.165) is 6.54 Å². The van der Waals surface area contributed by atoms with Crippen LogP contribution < -0.4 is 0 Å². The van der Waals surface area contributed by atoms with Crippen LogP contribution in [-0.4, -0.2) is 59.3 Å². The average molecular weight is 254 g/mol. The summed E-state index contributed by atoms with van der Waals surface area (Å²) in [6.45, 7) is 4.62. The van der Waals surface area contributed by atoms with E-state index < -0.39 is 0 Å². The predicted octanol–water partition coefficient (Wildman–Crippen LogP) is 0.289. The summed E-state index contributed by atoms with van der Waals surface area (Å²) >= 11 is 0. The third-order valence-corrected chi connectivity index (χ3v) is 3.49. The molecule has 0 aliphatic heterocycles. The fourth-order valence-corrected chi connectivity index (χ4v) is 2.36. The summed E-state index contributed by atoms with van der Waals surface area (Å²) in [6, 6.07) is 8.11. The van der Waals surface area contributed by atoms with Crippen LogP contribution in [0.15, 0.2) is 24.3 Å². The van der Waals surface area contributed by atoms with Gasteiger partial charge in [-0.2, -0.15) is 0 Å². The molecule has 0 aliphatic carbocycles. The number of benzene rings is 1. The molecule has 0 saturated heterocycles. The molecule has 0 amide bonds. The van der Waals surface area contributed by atoms with Gasteiger partial charge in [0.25, 0.3) is 0 Å². The van der Waals surface area contributed by atoms with E-state index in [4.69, 9.17) is 0 Å². The Labute approximate surface area is 109 Å². The summed E-state index contributed by atoms with van der Waals surface area (Å²) in [6.07, 6.45) is 0. The van der Waals surface area contributed by atoms with Gasteiger partial charge in [0.1, 0.15) is 26.2 Å². The first kappa shape index (κ1) is 15.1. The molecule has 0 unspecified atom stereocenters. The molecule has 0 bridgehead atoms.